The minimum absolute atomic E-state index is 0.00796. The van der Waals surface area contributed by atoms with Gasteiger partial charge in [-0.1, -0.05) is 15.4 Å². The number of methoxy groups -OCH3 is 1. The van der Waals surface area contributed by atoms with Crippen molar-refractivity contribution in [1.82, 2.24) is 20.2 Å². The Balaban J connectivity index is 2.63. The quantitative estimate of drug-likeness (QED) is 0.273. The van der Waals surface area contributed by atoms with Crippen molar-refractivity contribution in [3.63, 3.8) is 0 Å². The van der Waals surface area contributed by atoms with Crippen LogP contribution in [0.15, 0.2) is 10.3 Å². The highest BCUT2D eigenvalue weighted by Gasteiger charge is 2.06. The molecule has 0 aromatic carbocycles. The summed E-state index contributed by atoms with van der Waals surface area (Å²) in [7, 11) is 1.26. The molecule has 70 valence electrons. The van der Waals surface area contributed by atoms with Gasteiger partial charge in [-0.3, -0.25) is 0 Å². The smallest absolute Gasteiger partial charge is 0.329 e. The molecule has 1 heterocycles. The van der Waals surface area contributed by atoms with Crippen molar-refractivity contribution in [3.8, 4) is 0 Å². The Kier molecular flexibility index (Phi) is 2.84. The van der Waals surface area contributed by atoms with Crippen LogP contribution in [0.25, 0.3) is 0 Å². The summed E-state index contributed by atoms with van der Waals surface area (Å²) in [5.41, 5.74) is 0. The summed E-state index contributed by atoms with van der Waals surface area (Å²) in [5.74, 6) is 4.26. The number of ether oxygens (including phenoxy) is 1. The van der Waals surface area contributed by atoms with Gasteiger partial charge in [-0.05, 0) is 5.21 Å². The molecule has 0 bridgehead atoms. The molecule has 0 aliphatic rings. The lowest BCUT2D eigenvalue weighted by atomic mass is 10.7. The van der Waals surface area contributed by atoms with Crippen LogP contribution in [0.3, 0.4) is 0 Å². The number of hydrogen-bond acceptors (Lipinski definition) is 7. The van der Waals surface area contributed by atoms with E-state index in [1.165, 1.54) is 7.11 Å². The van der Waals surface area contributed by atoms with Crippen molar-refractivity contribution in [3.05, 3.63) is 0 Å². The van der Waals surface area contributed by atoms with Gasteiger partial charge in [-0.25, -0.2) is 4.79 Å². The lowest BCUT2D eigenvalue weighted by molar-refractivity contribution is -0.141. The SMILES string of the molecule is COC(=O)Cn1nnc(N=NN)n1. The summed E-state index contributed by atoms with van der Waals surface area (Å²) in [6, 6.07) is 0. The van der Waals surface area contributed by atoms with Crippen LogP contribution in [0.4, 0.5) is 5.95 Å². The van der Waals surface area contributed by atoms with E-state index in [1.807, 2.05) is 0 Å². The molecule has 2 N–H and O–H groups in total. The maximum Gasteiger partial charge on any atom is 0.329 e. The molecule has 0 saturated heterocycles. The number of esters is 1. The Morgan fingerprint density at radius 1 is 1.77 bits per heavy atom. The van der Waals surface area contributed by atoms with E-state index >= 15 is 0 Å². The van der Waals surface area contributed by atoms with Gasteiger partial charge in [0.25, 0.3) is 0 Å². The fourth-order valence-corrected chi connectivity index (χ4v) is 0.574. The number of carbonyl (C=O) groups is 1. The van der Waals surface area contributed by atoms with Gasteiger partial charge in [0.2, 0.25) is 0 Å². The molecule has 0 aliphatic heterocycles. The number of rotatable bonds is 3. The van der Waals surface area contributed by atoms with Gasteiger partial charge in [0.1, 0.15) is 0 Å². The largest absolute Gasteiger partial charge is 0.468 e. The fourth-order valence-electron chi connectivity index (χ4n) is 0.574. The third kappa shape index (κ3) is 2.47. The molecule has 0 amide bonds. The summed E-state index contributed by atoms with van der Waals surface area (Å²) in [4.78, 5) is 11.7. The topological polar surface area (TPSA) is 121 Å². The zero-order valence-corrected chi connectivity index (χ0v) is 6.78. The van der Waals surface area contributed by atoms with Crippen LogP contribution in [-0.2, 0) is 16.1 Å². The molecule has 9 nitrogen and oxygen atoms in total. The second-order valence-corrected chi connectivity index (χ2v) is 1.91. The molecule has 0 spiro atoms. The first kappa shape index (κ1) is 9.03. The first-order chi connectivity index (χ1) is 6.26. The van der Waals surface area contributed by atoms with E-state index in [4.69, 9.17) is 5.84 Å². The lowest BCUT2D eigenvalue weighted by Gasteiger charge is -1.94. The number of hydrogen-bond donors (Lipinski definition) is 1. The molecular formula is C4H7N7O2. The van der Waals surface area contributed by atoms with Crippen molar-refractivity contribution in [2.45, 2.75) is 6.54 Å². The van der Waals surface area contributed by atoms with Crippen LogP contribution in [0.5, 0.6) is 0 Å². The first-order valence-corrected chi connectivity index (χ1v) is 3.22. The fraction of sp³-hybridized carbons (Fsp3) is 0.500. The minimum Gasteiger partial charge on any atom is -0.468 e. The minimum atomic E-state index is -0.478. The highest BCUT2D eigenvalue weighted by Crippen LogP contribution is 1.97. The van der Waals surface area contributed by atoms with Crippen LogP contribution in [0.1, 0.15) is 0 Å². The Labute approximate surface area is 72.5 Å². The van der Waals surface area contributed by atoms with Gasteiger partial charge in [0.15, 0.2) is 6.54 Å². The maximum absolute atomic E-state index is 10.7. The average Bonchev–Trinajstić information content (AvgIpc) is 2.53. The van der Waals surface area contributed by atoms with E-state index in [0.29, 0.717) is 0 Å². The van der Waals surface area contributed by atoms with E-state index in [0.717, 1.165) is 4.80 Å². The second-order valence-electron chi connectivity index (χ2n) is 1.91. The van der Waals surface area contributed by atoms with Crippen molar-refractivity contribution in [1.29, 1.82) is 0 Å². The molecule has 0 atom stereocenters. The predicted molar refractivity (Wildman–Crippen MR) is 38.5 cm³/mol. The monoisotopic (exact) mass is 185 g/mol. The van der Waals surface area contributed by atoms with Crippen LogP contribution < -0.4 is 5.84 Å². The highest BCUT2D eigenvalue weighted by atomic mass is 16.5. The van der Waals surface area contributed by atoms with Crippen LogP contribution in [0.2, 0.25) is 0 Å². The van der Waals surface area contributed by atoms with E-state index in [1.54, 1.807) is 0 Å². The molecule has 0 radical (unpaired) electrons. The molecular weight excluding hydrogens is 178 g/mol. The number of nitrogens with two attached hydrogens (primary N) is 1. The van der Waals surface area contributed by atoms with E-state index < -0.39 is 5.97 Å². The molecule has 0 saturated carbocycles. The zero-order valence-electron chi connectivity index (χ0n) is 6.78. The summed E-state index contributed by atoms with van der Waals surface area (Å²) < 4.78 is 4.38. The molecule has 1 rings (SSSR count). The Morgan fingerprint density at radius 3 is 3.15 bits per heavy atom. The Hall–Kier alpha value is -2.06. The molecule has 0 unspecified atom stereocenters. The average molecular weight is 185 g/mol. The number of tetrazole rings is 1. The molecule has 1 aromatic rings. The maximum atomic E-state index is 10.7. The highest BCUT2D eigenvalue weighted by molar-refractivity contribution is 5.68. The molecule has 13 heavy (non-hydrogen) atoms. The van der Waals surface area contributed by atoms with Gasteiger partial charge in [0, 0.05) is 0 Å². The molecule has 9 heteroatoms. The Bertz CT molecular complexity index is 318. The van der Waals surface area contributed by atoms with Crippen molar-refractivity contribution < 1.29 is 9.53 Å². The van der Waals surface area contributed by atoms with Crippen LogP contribution in [0, 0.1) is 0 Å². The third-order valence-electron chi connectivity index (χ3n) is 1.09. The zero-order chi connectivity index (χ0) is 9.68. The van der Waals surface area contributed by atoms with Crippen LogP contribution in [-0.4, -0.2) is 33.3 Å². The first-order valence-electron chi connectivity index (χ1n) is 3.22. The summed E-state index contributed by atoms with van der Waals surface area (Å²) in [6.07, 6.45) is 0. The summed E-state index contributed by atoms with van der Waals surface area (Å²) >= 11 is 0. The normalized spacial score (nSPS) is 10.5. The van der Waals surface area contributed by atoms with Crippen LogP contribution >= 0.6 is 0 Å². The van der Waals surface area contributed by atoms with Gasteiger partial charge in [-0.2, -0.15) is 4.80 Å². The van der Waals surface area contributed by atoms with E-state index in [9.17, 15) is 4.79 Å². The number of nitrogens with zero attached hydrogens (tertiary/aromatic N) is 6. The summed E-state index contributed by atoms with van der Waals surface area (Å²) in [6.45, 7) is -0.121. The molecule has 1 aromatic heterocycles. The van der Waals surface area contributed by atoms with E-state index in [2.05, 4.69) is 30.5 Å². The van der Waals surface area contributed by atoms with Gasteiger partial charge < -0.3 is 10.6 Å². The van der Waals surface area contributed by atoms with Gasteiger partial charge in [-0.15, -0.1) is 5.10 Å². The number of aromatic nitrogens is 4. The lowest BCUT2D eigenvalue weighted by Crippen LogP contribution is -2.13. The summed E-state index contributed by atoms with van der Waals surface area (Å²) in [5, 5.41) is 16.8. The predicted octanol–water partition coefficient (Wildman–Crippen LogP) is -1.20. The Morgan fingerprint density at radius 2 is 2.54 bits per heavy atom. The second kappa shape index (κ2) is 4.09. The third-order valence-corrected chi connectivity index (χ3v) is 1.09. The van der Waals surface area contributed by atoms with Gasteiger partial charge >= 0.3 is 11.9 Å². The molecule has 0 aliphatic carbocycles. The van der Waals surface area contributed by atoms with Crippen molar-refractivity contribution >= 4 is 11.9 Å². The van der Waals surface area contributed by atoms with Gasteiger partial charge in [0.05, 0.1) is 7.11 Å². The number of carbonyl (C=O) groups excluding carboxylic acids is 1. The van der Waals surface area contributed by atoms with E-state index in [-0.39, 0.29) is 12.5 Å². The molecule has 0 fully saturated rings. The standard InChI is InChI=1S/C4H7N7O2/c1-13-3(12)2-11-8-4(6-9-5)7-10-11/h2H2,1H3,(H2,5,6,8). The van der Waals surface area contributed by atoms with Crippen molar-refractivity contribution in [2.75, 3.05) is 7.11 Å². The van der Waals surface area contributed by atoms with Crippen molar-refractivity contribution in [2.24, 2.45) is 16.2 Å².